The lowest BCUT2D eigenvalue weighted by Crippen LogP contribution is -2.17. The lowest BCUT2D eigenvalue weighted by molar-refractivity contribution is 0.102. The Balaban J connectivity index is 1.48. The van der Waals surface area contributed by atoms with E-state index in [9.17, 15) is 4.79 Å². The van der Waals surface area contributed by atoms with Crippen LogP contribution < -0.4 is 15.5 Å². The van der Waals surface area contributed by atoms with Gasteiger partial charge in [-0.3, -0.25) is 4.79 Å². The standard InChI is InChI=1S/C20H22N6O2/c1-13-11-17(19(27)24-18-12-14(2)28-25-18)23-20(21-13)22-15-5-7-16(8-6-15)26-9-3-4-10-26/h5-8,11-12H,3-4,9-10H2,1-2H3,(H,21,22,23)(H,24,25,27). The second-order valence-corrected chi connectivity index (χ2v) is 6.86. The van der Waals surface area contributed by atoms with Gasteiger partial charge in [0.15, 0.2) is 5.82 Å². The van der Waals surface area contributed by atoms with Crippen LogP contribution in [0.4, 0.5) is 23.1 Å². The number of nitrogens with zero attached hydrogens (tertiary/aromatic N) is 4. The largest absolute Gasteiger partial charge is 0.372 e. The molecule has 2 N–H and O–H groups in total. The van der Waals surface area contributed by atoms with E-state index < -0.39 is 0 Å². The molecule has 144 valence electrons. The first-order chi connectivity index (χ1) is 13.6. The molecule has 3 aromatic rings. The van der Waals surface area contributed by atoms with Gasteiger partial charge in [0.2, 0.25) is 5.95 Å². The van der Waals surface area contributed by atoms with Crippen LogP contribution in [0.1, 0.15) is 34.8 Å². The third-order valence-corrected chi connectivity index (χ3v) is 4.55. The van der Waals surface area contributed by atoms with E-state index in [1.807, 2.05) is 19.1 Å². The zero-order valence-electron chi connectivity index (χ0n) is 15.9. The van der Waals surface area contributed by atoms with Crippen molar-refractivity contribution < 1.29 is 9.32 Å². The summed E-state index contributed by atoms with van der Waals surface area (Å²) in [7, 11) is 0. The Morgan fingerprint density at radius 1 is 1.07 bits per heavy atom. The molecule has 0 radical (unpaired) electrons. The van der Waals surface area contributed by atoms with Crippen LogP contribution in [0.15, 0.2) is 40.9 Å². The molecule has 4 rings (SSSR count). The van der Waals surface area contributed by atoms with Crippen molar-refractivity contribution in [2.75, 3.05) is 28.6 Å². The van der Waals surface area contributed by atoms with Gasteiger partial charge in [0, 0.05) is 36.2 Å². The van der Waals surface area contributed by atoms with Gasteiger partial charge in [0.05, 0.1) is 0 Å². The molecule has 8 heteroatoms. The van der Waals surface area contributed by atoms with E-state index in [4.69, 9.17) is 4.52 Å². The molecule has 1 saturated heterocycles. The van der Waals surface area contributed by atoms with E-state index in [1.54, 1.807) is 19.1 Å². The van der Waals surface area contributed by atoms with Crippen molar-refractivity contribution in [1.82, 2.24) is 15.1 Å². The smallest absolute Gasteiger partial charge is 0.275 e. The fourth-order valence-electron chi connectivity index (χ4n) is 3.21. The predicted octanol–water partition coefficient (Wildman–Crippen LogP) is 3.68. The van der Waals surface area contributed by atoms with Crippen LogP contribution in [0.25, 0.3) is 0 Å². The first-order valence-corrected chi connectivity index (χ1v) is 9.29. The highest BCUT2D eigenvalue weighted by Gasteiger charge is 2.14. The molecule has 28 heavy (non-hydrogen) atoms. The first kappa shape index (κ1) is 18.0. The highest BCUT2D eigenvalue weighted by molar-refractivity contribution is 6.02. The number of benzene rings is 1. The maximum Gasteiger partial charge on any atom is 0.275 e. The molecule has 0 atom stereocenters. The molecule has 0 saturated carbocycles. The summed E-state index contributed by atoms with van der Waals surface area (Å²) in [6.07, 6.45) is 2.49. The molecule has 0 aliphatic carbocycles. The average molecular weight is 378 g/mol. The third kappa shape index (κ3) is 4.11. The summed E-state index contributed by atoms with van der Waals surface area (Å²) in [6, 6.07) is 11.4. The zero-order chi connectivity index (χ0) is 19.5. The molecule has 1 aromatic carbocycles. The van der Waals surface area contributed by atoms with Crippen LogP contribution in [-0.4, -0.2) is 34.1 Å². The van der Waals surface area contributed by atoms with E-state index in [0.717, 1.165) is 18.8 Å². The summed E-state index contributed by atoms with van der Waals surface area (Å²) >= 11 is 0. The van der Waals surface area contributed by atoms with Gasteiger partial charge < -0.3 is 20.1 Å². The van der Waals surface area contributed by atoms with Gasteiger partial charge in [0.25, 0.3) is 5.91 Å². The SMILES string of the molecule is Cc1cc(C(=O)Nc2cc(C)on2)nc(Nc2ccc(N3CCCC3)cc2)n1. The molecule has 0 unspecified atom stereocenters. The van der Waals surface area contributed by atoms with Crippen molar-refractivity contribution in [1.29, 1.82) is 0 Å². The minimum absolute atomic E-state index is 0.254. The highest BCUT2D eigenvalue weighted by atomic mass is 16.5. The second-order valence-electron chi connectivity index (χ2n) is 6.86. The minimum atomic E-state index is -0.369. The molecule has 1 aliphatic heterocycles. The van der Waals surface area contributed by atoms with Crippen molar-refractivity contribution in [3.8, 4) is 0 Å². The summed E-state index contributed by atoms with van der Waals surface area (Å²) < 4.78 is 4.96. The maximum absolute atomic E-state index is 12.5. The number of carbonyl (C=O) groups excluding carboxylic acids is 1. The van der Waals surface area contributed by atoms with Crippen LogP contribution in [-0.2, 0) is 0 Å². The Bertz CT molecular complexity index is 977. The molecule has 8 nitrogen and oxygen atoms in total. The van der Waals surface area contributed by atoms with Crippen LogP contribution >= 0.6 is 0 Å². The van der Waals surface area contributed by atoms with Gasteiger partial charge >= 0.3 is 0 Å². The Hall–Kier alpha value is -3.42. The summed E-state index contributed by atoms with van der Waals surface area (Å²) in [6.45, 7) is 5.80. The topological polar surface area (TPSA) is 96.2 Å². The van der Waals surface area contributed by atoms with E-state index in [0.29, 0.717) is 23.2 Å². The lowest BCUT2D eigenvalue weighted by Gasteiger charge is -2.17. The van der Waals surface area contributed by atoms with E-state index in [1.165, 1.54) is 18.5 Å². The molecule has 0 spiro atoms. The van der Waals surface area contributed by atoms with Crippen molar-refractivity contribution in [3.63, 3.8) is 0 Å². The summed E-state index contributed by atoms with van der Waals surface area (Å²) in [4.78, 5) is 23.5. The first-order valence-electron chi connectivity index (χ1n) is 9.29. The Morgan fingerprint density at radius 3 is 2.50 bits per heavy atom. The molecule has 1 fully saturated rings. The van der Waals surface area contributed by atoms with E-state index >= 15 is 0 Å². The van der Waals surface area contributed by atoms with Crippen molar-refractivity contribution in [2.45, 2.75) is 26.7 Å². The van der Waals surface area contributed by atoms with E-state index in [-0.39, 0.29) is 11.6 Å². The summed E-state index contributed by atoms with van der Waals surface area (Å²) in [5, 5.41) is 9.60. The fourth-order valence-corrected chi connectivity index (χ4v) is 3.21. The molecular formula is C20H22N6O2. The second kappa shape index (κ2) is 7.67. The zero-order valence-corrected chi connectivity index (χ0v) is 15.9. The number of aromatic nitrogens is 3. The van der Waals surface area contributed by atoms with Gasteiger partial charge in [-0.25, -0.2) is 9.97 Å². The van der Waals surface area contributed by atoms with Crippen LogP contribution in [0.2, 0.25) is 0 Å². The van der Waals surface area contributed by atoms with Gasteiger partial charge in [-0.15, -0.1) is 0 Å². The predicted molar refractivity (Wildman–Crippen MR) is 107 cm³/mol. The number of aryl methyl sites for hydroxylation is 2. The number of nitrogens with one attached hydrogen (secondary N) is 2. The average Bonchev–Trinajstić information content (AvgIpc) is 3.34. The van der Waals surface area contributed by atoms with Crippen molar-refractivity contribution in [3.05, 3.63) is 53.5 Å². The number of amides is 1. The monoisotopic (exact) mass is 378 g/mol. The van der Waals surface area contributed by atoms with Crippen molar-refractivity contribution in [2.24, 2.45) is 0 Å². The molecular weight excluding hydrogens is 356 g/mol. The third-order valence-electron chi connectivity index (χ3n) is 4.55. The maximum atomic E-state index is 12.5. The van der Waals surface area contributed by atoms with E-state index in [2.05, 4.69) is 42.8 Å². The molecule has 0 bridgehead atoms. The Labute approximate surface area is 163 Å². The van der Waals surface area contributed by atoms with Gasteiger partial charge in [0.1, 0.15) is 11.5 Å². The molecule has 1 aliphatic rings. The van der Waals surface area contributed by atoms with Crippen LogP contribution in [0.5, 0.6) is 0 Å². The number of rotatable bonds is 5. The minimum Gasteiger partial charge on any atom is -0.372 e. The number of hydrogen-bond donors (Lipinski definition) is 2. The highest BCUT2D eigenvalue weighted by Crippen LogP contribution is 2.23. The number of hydrogen-bond acceptors (Lipinski definition) is 7. The Morgan fingerprint density at radius 2 is 1.82 bits per heavy atom. The van der Waals surface area contributed by atoms with Gasteiger partial charge in [-0.2, -0.15) is 0 Å². The lowest BCUT2D eigenvalue weighted by atomic mass is 10.2. The molecule has 2 aromatic heterocycles. The van der Waals surface area contributed by atoms with Crippen LogP contribution in [0, 0.1) is 13.8 Å². The number of anilines is 4. The van der Waals surface area contributed by atoms with Gasteiger partial charge in [-0.1, -0.05) is 5.16 Å². The van der Waals surface area contributed by atoms with Crippen molar-refractivity contribution >= 4 is 29.0 Å². The summed E-state index contributed by atoms with van der Waals surface area (Å²) in [5.41, 5.74) is 3.03. The van der Waals surface area contributed by atoms with Crippen LogP contribution in [0.3, 0.4) is 0 Å². The fraction of sp³-hybridized carbons (Fsp3) is 0.300. The Kier molecular flexibility index (Phi) is 4.92. The number of carbonyl (C=O) groups is 1. The summed E-state index contributed by atoms with van der Waals surface area (Å²) in [5.74, 6) is 0.973. The normalized spacial score (nSPS) is 13.6. The molecule has 3 heterocycles. The quantitative estimate of drug-likeness (QED) is 0.699. The molecule has 1 amide bonds. The van der Waals surface area contributed by atoms with Gasteiger partial charge in [-0.05, 0) is 57.0 Å².